The third-order valence-corrected chi connectivity index (χ3v) is 16.5. The lowest BCUT2D eigenvalue weighted by Crippen LogP contribution is -2.32. The topological polar surface area (TPSA) is 23.6 Å². The van der Waals surface area contributed by atoms with Gasteiger partial charge in [0.1, 0.15) is 0 Å². The monoisotopic (exact) mass is 370 g/mol. The number of fused-ring (bicyclic) bond motifs is 5. The molecule has 2 bridgehead atoms. The predicted octanol–water partition coefficient (Wildman–Crippen LogP) is 4.32. The highest BCUT2D eigenvalue weighted by molar-refractivity contribution is 8.14. The molecule has 0 aliphatic carbocycles. The largest absolute Gasteiger partial charge is 0.302 e. The van der Waals surface area contributed by atoms with Crippen LogP contribution in [-0.4, -0.2) is 53.5 Å². The molecule has 0 aromatic carbocycles. The molecule has 4 aliphatic heterocycles. The number of rotatable bonds is 2. The van der Waals surface area contributed by atoms with Gasteiger partial charge in [-0.3, -0.25) is 9.34 Å². The molecule has 0 aromatic heterocycles. The molecule has 4 heterocycles. The number of piperidine rings is 1. The number of nitrogens with zero attached hydrogens (tertiary/aromatic N) is 2. The average molecular weight is 370 g/mol. The van der Waals surface area contributed by atoms with Crippen molar-refractivity contribution in [3.63, 3.8) is 0 Å². The number of hydrogen-bond donors (Lipinski definition) is 0. The minimum absolute atomic E-state index is 0.249. The molecule has 0 aromatic rings. The minimum Gasteiger partial charge on any atom is -0.302 e. The first-order valence-corrected chi connectivity index (χ1v) is 13.5. The van der Waals surface area contributed by atoms with Crippen LogP contribution < -0.4 is 0 Å². The van der Waals surface area contributed by atoms with E-state index in [0.717, 1.165) is 0 Å². The molecule has 3 nitrogen and oxygen atoms in total. The lowest BCUT2D eigenvalue weighted by molar-refractivity contribution is 0.366. The van der Waals surface area contributed by atoms with Gasteiger partial charge in [0.25, 0.3) is 0 Å². The first-order chi connectivity index (χ1) is 10.8. The van der Waals surface area contributed by atoms with E-state index in [1.165, 1.54) is 43.5 Å². The Morgan fingerprint density at radius 3 is 2.43 bits per heavy atom. The van der Waals surface area contributed by atoms with Gasteiger partial charge >= 0.3 is 0 Å². The van der Waals surface area contributed by atoms with Gasteiger partial charge in [-0.1, -0.05) is 35.4 Å². The van der Waals surface area contributed by atoms with Crippen LogP contribution in [0.1, 0.15) is 33.1 Å². The summed E-state index contributed by atoms with van der Waals surface area (Å²) in [5, 5.41) is 0. The maximum Gasteiger partial charge on any atom is 0.175 e. The van der Waals surface area contributed by atoms with Gasteiger partial charge in [-0.2, -0.15) is 0 Å². The van der Waals surface area contributed by atoms with Crippen molar-refractivity contribution in [1.82, 2.24) is 9.34 Å². The molecule has 4 rings (SSSR count). The highest BCUT2D eigenvalue weighted by atomic mass is 32.4. The smallest absolute Gasteiger partial charge is 0.175 e. The second kappa shape index (κ2) is 5.39. The fourth-order valence-corrected chi connectivity index (χ4v) is 16.8. The van der Waals surface area contributed by atoms with Crippen molar-refractivity contribution in [3.8, 4) is 0 Å². The Kier molecular flexibility index (Phi) is 3.92. The normalized spacial score (nSPS) is 49.4. The van der Waals surface area contributed by atoms with E-state index in [1.54, 1.807) is 0 Å². The molecule has 0 radical (unpaired) electrons. The summed E-state index contributed by atoms with van der Waals surface area (Å²) in [5.74, 6) is 2.55. The highest BCUT2D eigenvalue weighted by Crippen LogP contribution is 2.83. The lowest BCUT2D eigenvalue weighted by Gasteiger charge is -2.40. The van der Waals surface area contributed by atoms with Crippen LogP contribution in [0.15, 0.2) is 23.0 Å². The summed E-state index contributed by atoms with van der Waals surface area (Å²) in [5.41, 5.74) is 3.94. The third kappa shape index (κ3) is 2.02. The molecule has 0 N–H and O–H groups in total. The van der Waals surface area contributed by atoms with Crippen molar-refractivity contribution in [3.05, 3.63) is 23.0 Å². The Morgan fingerprint density at radius 2 is 1.83 bits per heavy atom. The second-order valence-electron chi connectivity index (χ2n) is 7.94. The zero-order chi connectivity index (χ0) is 16.6. The molecule has 0 spiro atoms. The Labute approximate surface area is 145 Å². The van der Waals surface area contributed by atoms with E-state index >= 15 is 0 Å². The Hall–Kier alpha value is 0.280. The van der Waals surface area contributed by atoms with E-state index in [9.17, 15) is 4.57 Å². The predicted molar refractivity (Wildman–Crippen MR) is 103 cm³/mol. The summed E-state index contributed by atoms with van der Waals surface area (Å²) in [6.45, 7) is 6.81. The van der Waals surface area contributed by atoms with Gasteiger partial charge < -0.3 is 4.57 Å². The van der Waals surface area contributed by atoms with Crippen molar-refractivity contribution in [1.29, 1.82) is 0 Å². The van der Waals surface area contributed by atoms with Gasteiger partial charge in [-0.05, 0) is 46.6 Å². The van der Waals surface area contributed by atoms with Crippen molar-refractivity contribution in [2.75, 3.05) is 27.2 Å². The average Bonchev–Trinajstić information content (AvgIpc) is 3.04. The van der Waals surface area contributed by atoms with Gasteiger partial charge in [0.2, 0.25) is 0 Å². The first-order valence-electron chi connectivity index (χ1n) is 8.81. The van der Waals surface area contributed by atoms with E-state index in [0.29, 0.717) is 17.2 Å². The molecule has 2 unspecified atom stereocenters. The van der Waals surface area contributed by atoms with Crippen LogP contribution in [0.2, 0.25) is 0 Å². The number of hydrogen-bond acceptors (Lipinski definition) is 2. The Morgan fingerprint density at radius 1 is 1.17 bits per heavy atom. The van der Waals surface area contributed by atoms with Crippen molar-refractivity contribution >= 4 is 25.3 Å². The zero-order valence-electron chi connectivity index (χ0n) is 14.6. The van der Waals surface area contributed by atoms with E-state index in [4.69, 9.17) is 11.8 Å². The summed E-state index contributed by atoms with van der Waals surface area (Å²) in [6, 6.07) is 0. The maximum absolute atomic E-state index is 13.8. The van der Waals surface area contributed by atoms with E-state index < -0.39 is 13.5 Å². The van der Waals surface area contributed by atoms with Gasteiger partial charge in [0.15, 0.2) is 7.29 Å². The zero-order valence-corrected chi connectivity index (χ0v) is 17.2. The van der Waals surface area contributed by atoms with E-state index in [2.05, 4.69) is 30.4 Å². The molecule has 0 saturated carbocycles. The summed E-state index contributed by atoms with van der Waals surface area (Å²) in [7, 11) is 1.53. The standard InChI is InChI=1S/C17H28N2OP2S/c1-12-10-14-17-15(13(2)11-21(17,20)18(3)4)16(12)22(14,23)19-8-6-5-7-9-19/h10-11,14-17H,5-9H2,1-4H3/t14-,15-,16+,17+,21?,22?/m0/s1. The van der Waals surface area contributed by atoms with Crippen molar-refractivity contribution in [2.45, 2.75) is 50.1 Å². The summed E-state index contributed by atoms with van der Waals surface area (Å²) in [4.78, 5) is 0. The van der Waals surface area contributed by atoms with Crippen LogP contribution in [0.5, 0.6) is 0 Å². The van der Waals surface area contributed by atoms with Crippen molar-refractivity contribution in [2.24, 2.45) is 5.92 Å². The van der Waals surface area contributed by atoms with Gasteiger partial charge in [-0.25, -0.2) is 0 Å². The SMILES string of the molecule is CC1=CP(=O)(N(C)C)[C@H]2[C@@H]1[C@H]1C(C)=C[C@@H]2P1(=S)N1CCCCC1. The lowest BCUT2D eigenvalue weighted by atomic mass is 9.85. The minimum atomic E-state index is -2.44. The number of allylic oxidation sites excluding steroid dienone is 3. The van der Waals surface area contributed by atoms with E-state index in [-0.39, 0.29) is 5.66 Å². The van der Waals surface area contributed by atoms with Gasteiger partial charge in [0.05, 0.1) is 0 Å². The van der Waals surface area contributed by atoms with Crippen molar-refractivity contribution < 1.29 is 4.57 Å². The van der Waals surface area contributed by atoms with Gasteiger partial charge in [0, 0.05) is 42.2 Å². The summed E-state index contributed by atoms with van der Waals surface area (Å²) in [6.07, 6.45) is 4.67. The Bertz CT molecular complexity index is 693. The fourth-order valence-electron chi connectivity index (χ4n) is 5.55. The first kappa shape index (κ1) is 16.7. The Balaban J connectivity index is 1.82. The molecule has 6 heteroatoms. The van der Waals surface area contributed by atoms with E-state index in [1.807, 2.05) is 18.8 Å². The van der Waals surface area contributed by atoms with Crippen LogP contribution in [0, 0.1) is 5.92 Å². The molecular weight excluding hydrogens is 342 g/mol. The summed E-state index contributed by atoms with van der Waals surface area (Å²) >= 11 is 6.49. The fraction of sp³-hybridized carbons (Fsp3) is 0.765. The van der Waals surface area contributed by atoms with Crippen LogP contribution in [-0.2, 0) is 16.4 Å². The summed E-state index contributed by atoms with van der Waals surface area (Å²) < 4.78 is 18.5. The second-order valence-corrected chi connectivity index (χ2v) is 15.8. The molecule has 2 saturated heterocycles. The van der Waals surface area contributed by atoms with Crippen LogP contribution in [0.3, 0.4) is 0 Å². The quantitative estimate of drug-likeness (QED) is 0.534. The van der Waals surface area contributed by atoms with Gasteiger partial charge in [-0.15, -0.1) is 0 Å². The van der Waals surface area contributed by atoms with Crippen LogP contribution in [0.4, 0.5) is 0 Å². The molecule has 128 valence electrons. The highest BCUT2D eigenvalue weighted by Gasteiger charge is 2.67. The van der Waals surface area contributed by atoms with Crippen LogP contribution in [0.25, 0.3) is 0 Å². The van der Waals surface area contributed by atoms with Crippen LogP contribution >= 0.6 is 13.5 Å². The molecule has 0 amide bonds. The third-order valence-electron chi connectivity index (χ3n) is 6.53. The molecular formula is C17H28N2OP2S. The molecule has 4 aliphatic rings. The molecule has 2 fully saturated rings. The molecule has 6 atom stereocenters. The maximum atomic E-state index is 13.8. The molecule has 23 heavy (non-hydrogen) atoms.